The van der Waals surface area contributed by atoms with Gasteiger partial charge in [-0.1, -0.05) is 40.2 Å². The van der Waals surface area contributed by atoms with Crippen LogP contribution in [-0.2, 0) is 11.8 Å². The molecule has 0 radical (unpaired) electrons. The van der Waals surface area contributed by atoms with E-state index in [0.717, 1.165) is 24.1 Å². The molecule has 0 saturated heterocycles. The highest BCUT2D eigenvalue weighted by molar-refractivity contribution is 9.08. The number of anilines is 2. The summed E-state index contributed by atoms with van der Waals surface area (Å²) in [7, 11) is 0. The second kappa shape index (κ2) is 5.57. The predicted molar refractivity (Wildman–Crippen MR) is 85.4 cm³/mol. The Balaban J connectivity index is 2.09. The fourth-order valence-electron chi connectivity index (χ4n) is 2.88. The van der Waals surface area contributed by atoms with E-state index < -0.39 is 0 Å². The van der Waals surface area contributed by atoms with Gasteiger partial charge in [0.1, 0.15) is 5.82 Å². The van der Waals surface area contributed by atoms with Gasteiger partial charge in [0.15, 0.2) is 0 Å². The first-order valence-corrected chi connectivity index (χ1v) is 8.04. The molecular formula is C17H17BrFN. The van der Waals surface area contributed by atoms with Gasteiger partial charge >= 0.3 is 0 Å². The van der Waals surface area contributed by atoms with Crippen LogP contribution in [0.1, 0.15) is 24.5 Å². The smallest absolute Gasteiger partial charge is 0.147 e. The zero-order chi connectivity index (χ0) is 14.1. The number of hydrogen-bond acceptors (Lipinski definition) is 1. The Bertz CT molecular complexity index is 626. The normalized spacial score (nSPS) is 17.9. The Morgan fingerprint density at radius 2 is 2.00 bits per heavy atom. The van der Waals surface area contributed by atoms with Gasteiger partial charge in [-0.15, -0.1) is 0 Å². The summed E-state index contributed by atoms with van der Waals surface area (Å²) in [5.74, 6) is -0.148. The average Bonchev–Trinajstić information content (AvgIpc) is 2.48. The first-order valence-electron chi connectivity index (χ1n) is 6.92. The number of halogens is 2. The van der Waals surface area contributed by atoms with Crippen molar-refractivity contribution in [2.45, 2.75) is 31.1 Å². The summed E-state index contributed by atoms with van der Waals surface area (Å²) in [4.78, 5) is 2.13. The number of alkyl halides is 1. The van der Waals surface area contributed by atoms with Crippen LogP contribution in [0.2, 0.25) is 0 Å². The van der Waals surface area contributed by atoms with Crippen molar-refractivity contribution in [1.29, 1.82) is 0 Å². The number of rotatable bonds is 2. The minimum Gasteiger partial charge on any atom is -0.336 e. The van der Waals surface area contributed by atoms with Crippen LogP contribution < -0.4 is 4.90 Å². The van der Waals surface area contributed by atoms with Crippen molar-refractivity contribution in [3.63, 3.8) is 0 Å². The quantitative estimate of drug-likeness (QED) is 0.683. The maximum absolute atomic E-state index is 14.4. The van der Waals surface area contributed by atoms with Crippen LogP contribution in [0.15, 0.2) is 42.5 Å². The Morgan fingerprint density at radius 1 is 1.20 bits per heavy atom. The molecule has 0 amide bonds. The first kappa shape index (κ1) is 13.6. The van der Waals surface area contributed by atoms with Gasteiger partial charge in [-0.2, -0.15) is 0 Å². The van der Waals surface area contributed by atoms with E-state index in [-0.39, 0.29) is 5.82 Å². The van der Waals surface area contributed by atoms with E-state index in [2.05, 4.69) is 46.0 Å². The number of para-hydroxylation sites is 1. The molecule has 1 heterocycles. The first-order chi connectivity index (χ1) is 9.70. The van der Waals surface area contributed by atoms with Crippen molar-refractivity contribution in [2.75, 3.05) is 4.90 Å². The van der Waals surface area contributed by atoms with E-state index in [4.69, 9.17) is 0 Å². The molecule has 1 unspecified atom stereocenters. The van der Waals surface area contributed by atoms with Gasteiger partial charge in [0.2, 0.25) is 0 Å². The zero-order valence-electron chi connectivity index (χ0n) is 11.4. The van der Waals surface area contributed by atoms with Crippen molar-refractivity contribution < 1.29 is 4.39 Å². The number of benzene rings is 2. The van der Waals surface area contributed by atoms with Crippen LogP contribution in [0.5, 0.6) is 0 Å². The highest BCUT2D eigenvalue weighted by atomic mass is 79.9. The summed E-state index contributed by atoms with van der Waals surface area (Å²) in [6.45, 7) is 2.16. The summed E-state index contributed by atoms with van der Waals surface area (Å²) in [5.41, 5.74) is 4.07. The van der Waals surface area contributed by atoms with E-state index in [0.29, 0.717) is 17.1 Å². The van der Waals surface area contributed by atoms with Crippen LogP contribution >= 0.6 is 15.9 Å². The predicted octanol–water partition coefficient (Wildman–Crippen LogP) is 5.19. The van der Waals surface area contributed by atoms with Crippen molar-refractivity contribution in [3.05, 3.63) is 59.4 Å². The Kier molecular flexibility index (Phi) is 3.79. The average molecular weight is 334 g/mol. The third-order valence-corrected chi connectivity index (χ3v) is 4.60. The molecule has 1 atom stereocenters. The lowest BCUT2D eigenvalue weighted by Crippen LogP contribution is -2.33. The second-order valence-corrected chi connectivity index (χ2v) is 5.87. The van der Waals surface area contributed by atoms with Crippen LogP contribution in [0.3, 0.4) is 0 Å². The van der Waals surface area contributed by atoms with Gasteiger partial charge < -0.3 is 4.90 Å². The van der Waals surface area contributed by atoms with Crippen LogP contribution in [0, 0.1) is 5.82 Å². The molecule has 0 N–H and O–H groups in total. The minimum atomic E-state index is -0.148. The molecule has 0 spiro atoms. The molecule has 104 valence electrons. The van der Waals surface area contributed by atoms with Crippen molar-refractivity contribution >= 4 is 27.3 Å². The summed E-state index contributed by atoms with van der Waals surface area (Å²) in [5, 5.41) is 0.677. The van der Waals surface area contributed by atoms with Gasteiger partial charge in [-0.25, -0.2) is 4.39 Å². The maximum atomic E-state index is 14.4. The summed E-state index contributed by atoms with van der Waals surface area (Å²) < 4.78 is 14.4. The van der Waals surface area contributed by atoms with Crippen LogP contribution in [0.4, 0.5) is 15.8 Å². The van der Waals surface area contributed by atoms with Gasteiger partial charge in [0.25, 0.3) is 0 Å². The largest absolute Gasteiger partial charge is 0.336 e. The third-order valence-electron chi connectivity index (χ3n) is 3.95. The molecule has 0 aliphatic carbocycles. The van der Waals surface area contributed by atoms with Gasteiger partial charge in [0, 0.05) is 17.1 Å². The van der Waals surface area contributed by atoms with Crippen LogP contribution in [0.25, 0.3) is 0 Å². The molecule has 3 rings (SSSR count). The molecule has 2 aromatic carbocycles. The van der Waals surface area contributed by atoms with Crippen molar-refractivity contribution in [2.24, 2.45) is 0 Å². The number of aryl methyl sites for hydroxylation is 1. The minimum absolute atomic E-state index is 0.148. The molecule has 1 nitrogen and oxygen atoms in total. The van der Waals surface area contributed by atoms with Crippen LogP contribution in [-0.4, -0.2) is 6.04 Å². The number of fused-ring (bicyclic) bond motifs is 1. The maximum Gasteiger partial charge on any atom is 0.147 e. The highest BCUT2D eigenvalue weighted by Crippen LogP contribution is 2.38. The van der Waals surface area contributed by atoms with Crippen molar-refractivity contribution in [3.8, 4) is 0 Å². The monoisotopic (exact) mass is 333 g/mol. The molecule has 0 fully saturated rings. The molecule has 20 heavy (non-hydrogen) atoms. The van der Waals surface area contributed by atoms with Gasteiger partial charge in [-0.05, 0) is 49.1 Å². The lowest BCUT2D eigenvalue weighted by molar-refractivity contribution is 0.584. The highest BCUT2D eigenvalue weighted by Gasteiger charge is 2.25. The number of nitrogens with zero attached hydrogens (tertiary/aromatic N) is 1. The number of hydrogen-bond donors (Lipinski definition) is 0. The Morgan fingerprint density at radius 3 is 2.75 bits per heavy atom. The molecule has 3 heteroatoms. The van der Waals surface area contributed by atoms with E-state index in [9.17, 15) is 4.39 Å². The molecule has 0 saturated carbocycles. The lowest BCUT2D eigenvalue weighted by Gasteiger charge is -2.37. The summed E-state index contributed by atoms with van der Waals surface area (Å²) in [6, 6.07) is 14.1. The summed E-state index contributed by atoms with van der Waals surface area (Å²) >= 11 is 3.37. The SMILES string of the molecule is CC1CCc2ccccc2N1c1ccc(CBr)cc1F. The second-order valence-electron chi connectivity index (χ2n) is 5.31. The molecule has 0 aromatic heterocycles. The van der Waals surface area contributed by atoms with E-state index >= 15 is 0 Å². The molecule has 1 aliphatic heterocycles. The standard InChI is InChI=1S/C17H17BrFN/c1-12-6-8-14-4-2-3-5-16(14)20(12)17-9-7-13(11-18)10-15(17)19/h2-5,7,9-10,12H,6,8,11H2,1H3. The van der Waals surface area contributed by atoms with E-state index in [1.807, 2.05) is 18.2 Å². The van der Waals surface area contributed by atoms with E-state index in [1.165, 1.54) is 5.56 Å². The third kappa shape index (κ3) is 2.35. The lowest BCUT2D eigenvalue weighted by atomic mass is 9.95. The van der Waals surface area contributed by atoms with Gasteiger partial charge in [-0.3, -0.25) is 0 Å². The zero-order valence-corrected chi connectivity index (χ0v) is 13.0. The molecule has 1 aliphatic rings. The van der Waals surface area contributed by atoms with Gasteiger partial charge in [0.05, 0.1) is 5.69 Å². The fraction of sp³-hybridized carbons (Fsp3) is 0.294. The Hall–Kier alpha value is -1.35. The molecule has 0 bridgehead atoms. The van der Waals surface area contributed by atoms with E-state index in [1.54, 1.807) is 6.07 Å². The Labute approximate surface area is 127 Å². The summed E-state index contributed by atoms with van der Waals surface area (Å²) in [6.07, 6.45) is 2.12. The molecule has 2 aromatic rings. The fourth-order valence-corrected chi connectivity index (χ4v) is 3.23. The topological polar surface area (TPSA) is 3.24 Å². The van der Waals surface area contributed by atoms with Crippen molar-refractivity contribution in [1.82, 2.24) is 0 Å². The molecular weight excluding hydrogens is 317 g/mol.